The average molecular weight is 389 g/mol. The van der Waals surface area contributed by atoms with Crippen LogP contribution in [-0.4, -0.2) is 29.0 Å². The maximum absolute atomic E-state index is 9.71. The molecule has 0 amide bonds. The molecule has 5 nitrogen and oxygen atoms in total. The number of hydrogen-bond acceptors (Lipinski definition) is 5. The van der Waals surface area contributed by atoms with Crippen LogP contribution in [0, 0.1) is 11.3 Å². The van der Waals surface area contributed by atoms with Gasteiger partial charge < -0.3 is 15.7 Å². The lowest BCUT2D eigenvalue weighted by Crippen LogP contribution is -2.48. The topological polar surface area (TPSA) is 85.6 Å². The molecule has 5 heteroatoms. The first kappa shape index (κ1) is 20.6. The normalized spacial score (nSPS) is 19.1. The summed E-state index contributed by atoms with van der Waals surface area (Å²) in [7, 11) is 0. The minimum Gasteiger partial charge on any atom is -0.395 e. The zero-order chi connectivity index (χ0) is 21.0. The van der Waals surface area contributed by atoms with Crippen LogP contribution in [0.3, 0.4) is 0 Å². The van der Waals surface area contributed by atoms with Crippen molar-refractivity contribution < 1.29 is 5.11 Å². The predicted octanol–water partition coefficient (Wildman–Crippen LogP) is 4.14. The fourth-order valence-corrected chi connectivity index (χ4v) is 4.02. The summed E-state index contributed by atoms with van der Waals surface area (Å²) in [6, 6.07) is 17.9. The molecule has 3 rings (SSSR count). The van der Waals surface area contributed by atoms with E-state index in [0.717, 1.165) is 40.8 Å². The van der Waals surface area contributed by atoms with Crippen LogP contribution in [0.15, 0.2) is 64.8 Å². The smallest absolute Gasteiger partial charge is 0.157 e. The van der Waals surface area contributed by atoms with E-state index in [-0.39, 0.29) is 6.61 Å². The van der Waals surface area contributed by atoms with Crippen molar-refractivity contribution in [2.45, 2.75) is 39.3 Å². The summed E-state index contributed by atoms with van der Waals surface area (Å²) in [6.07, 6.45) is 1.87. The third kappa shape index (κ3) is 3.76. The molecular weight excluding hydrogens is 360 g/mol. The van der Waals surface area contributed by atoms with Crippen molar-refractivity contribution in [1.29, 1.82) is 5.26 Å². The Kier molecular flexibility index (Phi) is 6.05. The number of rotatable bonds is 6. The van der Waals surface area contributed by atoms with Crippen molar-refractivity contribution >= 4 is 5.84 Å². The van der Waals surface area contributed by atoms with Gasteiger partial charge in [-0.25, -0.2) is 4.99 Å². The van der Waals surface area contributed by atoms with Crippen LogP contribution in [-0.2, 0) is 5.66 Å². The minimum atomic E-state index is -0.690. The summed E-state index contributed by atoms with van der Waals surface area (Å²) >= 11 is 0. The second-order valence-corrected chi connectivity index (χ2v) is 7.45. The van der Waals surface area contributed by atoms with E-state index in [4.69, 9.17) is 10.7 Å². The highest BCUT2D eigenvalue weighted by atomic mass is 16.3. The zero-order valence-corrected chi connectivity index (χ0v) is 17.3. The standard InChI is InChI=1S/C24H28N4O/c1-4-7-22-17(2)23(26)27-24(3,28(22)14-15-29)20-12-10-18(11-13-20)21-9-6-5-8-19(21)16-25/h5-6,8-13,29H,4,7,14-15H2,1-3H3,(H2,26,27). The minimum absolute atomic E-state index is 0.0408. The molecule has 0 saturated carbocycles. The van der Waals surface area contributed by atoms with Crippen molar-refractivity contribution in [2.75, 3.05) is 13.2 Å². The van der Waals surface area contributed by atoms with Crippen molar-refractivity contribution in [1.82, 2.24) is 4.90 Å². The van der Waals surface area contributed by atoms with Gasteiger partial charge in [-0.2, -0.15) is 5.26 Å². The first-order valence-electron chi connectivity index (χ1n) is 10.00. The lowest BCUT2D eigenvalue weighted by molar-refractivity contribution is 0.113. The van der Waals surface area contributed by atoms with Crippen molar-refractivity contribution in [3.05, 3.63) is 70.9 Å². The Bertz CT molecular complexity index is 985. The lowest BCUT2D eigenvalue weighted by Gasteiger charge is -2.45. The molecule has 1 unspecified atom stereocenters. The molecule has 0 saturated heterocycles. The van der Waals surface area contributed by atoms with Gasteiger partial charge in [-0.15, -0.1) is 0 Å². The molecule has 1 heterocycles. The fraction of sp³-hybridized carbons (Fsp3) is 0.333. The number of aliphatic hydroxyl groups is 1. The number of nitrogens with two attached hydrogens (primary N) is 1. The number of aliphatic hydroxyl groups excluding tert-OH is 1. The third-order valence-electron chi connectivity index (χ3n) is 5.61. The van der Waals surface area contributed by atoms with Gasteiger partial charge >= 0.3 is 0 Å². The Morgan fingerprint density at radius 1 is 1.17 bits per heavy atom. The van der Waals surface area contributed by atoms with Gasteiger partial charge in [0.2, 0.25) is 0 Å². The molecule has 0 aromatic heterocycles. The summed E-state index contributed by atoms with van der Waals surface area (Å²) in [5, 5.41) is 19.1. The maximum Gasteiger partial charge on any atom is 0.157 e. The van der Waals surface area contributed by atoms with Gasteiger partial charge in [-0.05, 0) is 43.0 Å². The zero-order valence-electron chi connectivity index (χ0n) is 17.3. The van der Waals surface area contributed by atoms with E-state index in [9.17, 15) is 10.4 Å². The number of nitrogens with zero attached hydrogens (tertiary/aromatic N) is 3. The molecule has 0 bridgehead atoms. The maximum atomic E-state index is 9.71. The Hall–Kier alpha value is -3.10. The molecule has 0 aliphatic carbocycles. The van der Waals surface area contributed by atoms with Crippen LogP contribution >= 0.6 is 0 Å². The van der Waals surface area contributed by atoms with Gasteiger partial charge in [-0.1, -0.05) is 55.8 Å². The number of aliphatic imine (C=N–C) groups is 1. The van der Waals surface area contributed by atoms with E-state index in [2.05, 4.69) is 17.9 Å². The van der Waals surface area contributed by atoms with E-state index >= 15 is 0 Å². The molecular formula is C24H28N4O. The summed E-state index contributed by atoms with van der Waals surface area (Å²) < 4.78 is 0. The van der Waals surface area contributed by atoms with E-state index in [1.807, 2.05) is 62.4 Å². The lowest BCUT2D eigenvalue weighted by atomic mass is 9.92. The first-order chi connectivity index (χ1) is 14.0. The summed E-state index contributed by atoms with van der Waals surface area (Å²) in [5.41, 5.74) is 11.3. The highest BCUT2D eigenvalue weighted by molar-refractivity contribution is 5.98. The van der Waals surface area contributed by atoms with Crippen LogP contribution in [0.1, 0.15) is 44.7 Å². The molecule has 1 aliphatic heterocycles. The number of amidine groups is 1. The van der Waals surface area contributed by atoms with Crippen LogP contribution in [0.4, 0.5) is 0 Å². The summed E-state index contributed by atoms with van der Waals surface area (Å²) in [5.74, 6) is 0.545. The highest BCUT2D eigenvalue weighted by Crippen LogP contribution is 2.39. The largest absolute Gasteiger partial charge is 0.395 e. The number of nitriles is 1. The highest BCUT2D eigenvalue weighted by Gasteiger charge is 2.38. The molecule has 2 aromatic rings. The monoisotopic (exact) mass is 388 g/mol. The average Bonchev–Trinajstić information content (AvgIpc) is 2.74. The summed E-state index contributed by atoms with van der Waals surface area (Å²) in [4.78, 5) is 7.00. The Morgan fingerprint density at radius 2 is 1.86 bits per heavy atom. The number of β-amino-alcohol motifs (C(OH)–C–C–N with tert-alkyl or cyclic N) is 1. The van der Waals surface area contributed by atoms with Gasteiger partial charge in [0.15, 0.2) is 5.66 Å². The molecule has 0 fully saturated rings. The van der Waals surface area contributed by atoms with Crippen LogP contribution in [0.2, 0.25) is 0 Å². The molecule has 2 aromatic carbocycles. The van der Waals surface area contributed by atoms with Crippen molar-refractivity contribution in [3.63, 3.8) is 0 Å². The van der Waals surface area contributed by atoms with Crippen molar-refractivity contribution in [3.8, 4) is 17.2 Å². The second kappa shape index (κ2) is 8.50. The number of allylic oxidation sites excluding steroid dienone is 1. The fourth-order valence-electron chi connectivity index (χ4n) is 4.02. The number of benzene rings is 2. The van der Waals surface area contributed by atoms with E-state index < -0.39 is 5.66 Å². The molecule has 29 heavy (non-hydrogen) atoms. The Morgan fingerprint density at radius 3 is 2.48 bits per heavy atom. The van der Waals surface area contributed by atoms with Crippen LogP contribution in [0.25, 0.3) is 11.1 Å². The van der Waals surface area contributed by atoms with Gasteiger partial charge in [0.05, 0.1) is 18.2 Å². The van der Waals surface area contributed by atoms with E-state index in [1.54, 1.807) is 0 Å². The molecule has 1 aliphatic rings. The van der Waals surface area contributed by atoms with Crippen molar-refractivity contribution in [2.24, 2.45) is 10.7 Å². The van der Waals surface area contributed by atoms with Crippen LogP contribution in [0.5, 0.6) is 0 Å². The third-order valence-corrected chi connectivity index (χ3v) is 5.61. The van der Waals surface area contributed by atoms with Gasteiger partial charge in [-0.3, -0.25) is 0 Å². The Balaban J connectivity index is 2.05. The van der Waals surface area contributed by atoms with Gasteiger partial charge in [0.25, 0.3) is 0 Å². The van der Waals surface area contributed by atoms with Gasteiger partial charge in [0.1, 0.15) is 5.84 Å². The molecule has 1 atom stereocenters. The van der Waals surface area contributed by atoms with Crippen LogP contribution < -0.4 is 5.73 Å². The second-order valence-electron chi connectivity index (χ2n) is 7.45. The summed E-state index contributed by atoms with van der Waals surface area (Å²) in [6.45, 7) is 6.70. The van der Waals surface area contributed by atoms with E-state index in [1.165, 1.54) is 0 Å². The molecule has 0 spiro atoms. The molecule has 0 radical (unpaired) electrons. The quantitative estimate of drug-likeness (QED) is 0.779. The predicted molar refractivity (Wildman–Crippen MR) is 117 cm³/mol. The van der Waals surface area contributed by atoms with E-state index in [0.29, 0.717) is 17.9 Å². The number of hydrogen-bond donors (Lipinski definition) is 2. The SMILES string of the molecule is CCCC1=C(C)C(N)=NC(C)(c2ccc(-c3ccccc3C#N)cc2)N1CCO. The molecule has 3 N–H and O–H groups in total. The first-order valence-corrected chi connectivity index (χ1v) is 10.00. The molecule has 150 valence electrons. The van der Waals surface area contributed by atoms with Gasteiger partial charge in [0, 0.05) is 17.8 Å². The Labute approximate surface area is 172 Å².